The Bertz CT molecular complexity index is 994. The summed E-state index contributed by atoms with van der Waals surface area (Å²) < 4.78 is 0. The molecule has 1 saturated heterocycles. The Balaban J connectivity index is 1.77. The number of carbonyl (C=O) groups is 1. The zero-order chi connectivity index (χ0) is 19.5. The summed E-state index contributed by atoms with van der Waals surface area (Å²) >= 11 is 6.16. The molecule has 1 aromatic heterocycles. The number of aromatic nitrogens is 2. The first-order valence-electron chi connectivity index (χ1n) is 9.65. The topological polar surface area (TPSA) is 73.1 Å². The maximum absolute atomic E-state index is 12.5. The van der Waals surface area contributed by atoms with E-state index in [-0.39, 0.29) is 5.91 Å². The Morgan fingerprint density at radius 3 is 2.82 bits per heavy atom. The minimum absolute atomic E-state index is 0.0801. The lowest BCUT2D eigenvalue weighted by Gasteiger charge is -2.26. The highest BCUT2D eigenvalue weighted by Gasteiger charge is 2.18. The number of imidazole rings is 1. The van der Waals surface area contributed by atoms with Crippen LogP contribution in [0.4, 0.5) is 5.95 Å². The molecule has 28 heavy (non-hydrogen) atoms. The Labute approximate surface area is 169 Å². The van der Waals surface area contributed by atoms with Gasteiger partial charge in [0.15, 0.2) is 0 Å². The van der Waals surface area contributed by atoms with Crippen LogP contribution in [0.3, 0.4) is 0 Å². The third-order valence-electron chi connectivity index (χ3n) is 4.96. The number of nitrogens with one attached hydrogen (secondary N) is 3. The molecule has 1 aliphatic heterocycles. The molecular formula is C21H24ClN5O. The average Bonchev–Trinajstić information content (AvgIpc) is 3.13. The Kier molecular flexibility index (Phi) is 5.50. The van der Waals surface area contributed by atoms with Crippen LogP contribution < -0.4 is 15.5 Å². The highest BCUT2D eigenvalue weighted by Crippen LogP contribution is 2.26. The summed E-state index contributed by atoms with van der Waals surface area (Å²) in [5.41, 5.74) is 4.55. The summed E-state index contributed by atoms with van der Waals surface area (Å²) in [6, 6.07) is 11.6. The van der Waals surface area contributed by atoms with Crippen molar-refractivity contribution in [3.05, 3.63) is 58.1 Å². The minimum Gasteiger partial charge on any atom is -0.352 e. The van der Waals surface area contributed by atoms with Gasteiger partial charge in [-0.3, -0.25) is 4.79 Å². The lowest BCUT2D eigenvalue weighted by Crippen LogP contribution is -2.44. The molecule has 4 rings (SSSR count). The predicted molar refractivity (Wildman–Crippen MR) is 113 cm³/mol. The molecule has 2 aromatic carbocycles. The molecule has 0 radical (unpaired) electrons. The highest BCUT2D eigenvalue weighted by atomic mass is 35.5. The van der Waals surface area contributed by atoms with Gasteiger partial charge in [0.05, 0.1) is 11.0 Å². The number of hydrogen-bond acceptors (Lipinski definition) is 4. The van der Waals surface area contributed by atoms with Crippen LogP contribution in [0.25, 0.3) is 11.0 Å². The predicted octanol–water partition coefficient (Wildman–Crippen LogP) is 2.97. The fraction of sp³-hybridized carbons (Fsp3) is 0.333. The second-order valence-corrected chi connectivity index (χ2v) is 7.43. The number of benzene rings is 2. The van der Waals surface area contributed by atoms with Gasteiger partial charge in [0.1, 0.15) is 0 Å². The summed E-state index contributed by atoms with van der Waals surface area (Å²) in [5.74, 6) is 0.778. The van der Waals surface area contributed by atoms with E-state index >= 15 is 0 Å². The van der Waals surface area contributed by atoms with Crippen molar-refractivity contribution in [1.82, 2.24) is 20.6 Å². The third-order valence-corrected chi connectivity index (χ3v) is 5.20. The van der Waals surface area contributed by atoms with Gasteiger partial charge in [-0.05, 0) is 48.7 Å². The van der Waals surface area contributed by atoms with Gasteiger partial charge in [-0.2, -0.15) is 0 Å². The first-order chi connectivity index (χ1) is 13.6. The van der Waals surface area contributed by atoms with Gasteiger partial charge in [0.25, 0.3) is 5.91 Å². The fourth-order valence-corrected chi connectivity index (χ4v) is 3.81. The second-order valence-electron chi connectivity index (χ2n) is 6.99. The molecule has 1 fully saturated rings. The molecule has 1 amide bonds. The van der Waals surface area contributed by atoms with E-state index in [0.717, 1.165) is 54.3 Å². The molecule has 0 aliphatic carbocycles. The lowest BCUT2D eigenvalue weighted by atomic mass is 10.0. The SMILES string of the molecule is CCNC(=O)c1cc(Cc2cccc(Cl)c2)c2[nH]c(N3CCNCC3)nc2c1. The summed E-state index contributed by atoms with van der Waals surface area (Å²) in [4.78, 5) is 23.0. The number of rotatable bonds is 5. The van der Waals surface area contributed by atoms with E-state index in [9.17, 15) is 4.79 Å². The van der Waals surface area contributed by atoms with E-state index in [1.807, 2.05) is 43.3 Å². The number of hydrogen-bond donors (Lipinski definition) is 3. The molecule has 0 unspecified atom stereocenters. The van der Waals surface area contributed by atoms with E-state index in [0.29, 0.717) is 23.6 Å². The van der Waals surface area contributed by atoms with Crippen LogP contribution in [-0.2, 0) is 6.42 Å². The molecule has 2 heterocycles. The van der Waals surface area contributed by atoms with Crippen molar-refractivity contribution < 1.29 is 4.79 Å². The van der Waals surface area contributed by atoms with Gasteiger partial charge in [-0.15, -0.1) is 0 Å². The normalized spacial score (nSPS) is 14.4. The molecule has 0 atom stereocenters. The fourth-order valence-electron chi connectivity index (χ4n) is 3.60. The first kappa shape index (κ1) is 18.8. The van der Waals surface area contributed by atoms with Crippen molar-refractivity contribution >= 4 is 34.5 Å². The van der Waals surface area contributed by atoms with Crippen LogP contribution in [-0.4, -0.2) is 48.6 Å². The van der Waals surface area contributed by atoms with Crippen LogP contribution in [0.15, 0.2) is 36.4 Å². The molecule has 6 nitrogen and oxygen atoms in total. The zero-order valence-corrected chi connectivity index (χ0v) is 16.6. The number of aromatic amines is 1. The number of carbonyl (C=O) groups excluding carboxylic acids is 1. The third kappa shape index (κ3) is 3.98. The number of halogens is 1. The van der Waals surface area contributed by atoms with Gasteiger partial charge in [-0.25, -0.2) is 4.98 Å². The average molecular weight is 398 g/mol. The molecule has 0 spiro atoms. The van der Waals surface area contributed by atoms with Crippen molar-refractivity contribution in [2.45, 2.75) is 13.3 Å². The number of H-pyrrole nitrogens is 1. The summed E-state index contributed by atoms with van der Waals surface area (Å²) in [5, 5.41) is 6.95. The Morgan fingerprint density at radius 1 is 1.25 bits per heavy atom. The number of amides is 1. The summed E-state index contributed by atoms with van der Waals surface area (Å²) in [7, 11) is 0. The van der Waals surface area contributed by atoms with Gasteiger partial charge in [0, 0.05) is 43.3 Å². The van der Waals surface area contributed by atoms with Gasteiger partial charge >= 0.3 is 0 Å². The van der Waals surface area contributed by atoms with Crippen molar-refractivity contribution in [1.29, 1.82) is 0 Å². The number of fused-ring (bicyclic) bond motifs is 1. The van der Waals surface area contributed by atoms with Crippen molar-refractivity contribution in [3.8, 4) is 0 Å². The van der Waals surface area contributed by atoms with Crippen molar-refractivity contribution in [3.63, 3.8) is 0 Å². The Morgan fingerprint density at radius 2 is 2.07 bits per heavy atom. The molecule has 3 aromatic rings. The van der Waals surface area contributed by atoms with Gasteiger partial charge in [0.2, 0.25) is 5.95 Å². The highest BCUT2D eigenvalue weighted by molar-refractivity contribution is 6.30. The largest absolute Gasteiger partial charge is 0.352 e. The van der Waals surface area contributed by atoms with Gasteiger partial charge < -0.3 is 20.5 Å². The minimum atomic E-state index is -0.0801. The molecule has 7 heteroatoms. The maximum atomic E-state index is 12.5. The quantitative estimate of drug-likeness (QED) is 0.619. The van der Waals surface area contributed by atoms with Gasteiger partial charge in [-0.1, -0.05) is 23.7 Å². The van der Waals surface area contributed by atoms with Crippen LogP contribution in [0.2, 0.25) is 5.02 Å². The smallest absolute Gasteiger partial charge is 0.251 e. The summed E-state index contributed by atoms with van der Waals surface area (Å²) in [6.45, 7) is 6.21. The zero-order valence-electron chi connectivity index (χ0n) is 15.9. The lowest BCUT2D eigenvalue weighted by molar-refractivity contribution is 0.0956. The van der Waals surface area contributed by atoms with Crippen molar-refractivity contribution in [2.24, 2.45) is 0 Å². The molecule has 146 valence electrons. The van der Waals surface area contributed by atoms with Crippen molar-refractivity contribution in [2.75, 3.05) is 37.6 Å². The standard InChI is InChI=1S/C21H24ClN5O/c1-2-24-20(28)16-12-15(10-14-4-3-5-17(22)11-14)19-18(13-16)25-21(26-19)27-8-6-23-7-9-27/h3-5,11-13,23H,2,6-10H2,1H3,(H,24,28)(H,25,26). The molecule has 3 N–H and O–H groups in total. The number of anilines is 1. The molecule has 1 aliphatic rings. The second kappa shape index (κ2) is 8.20. The van der Waals surface area contributed by atoms with E-state index < -0.39 is 0 Å². The summed E-state index contributed by atoms with van der Waals surface area (Å²) in [6.07, 6.45) is 0.674. The Hall–Kier alpha value is -2.57. The maximum Gasteiger partial charge on any atom is 0.251 e. The van der Waals surface area contributed by atoms with E-state index in [4.69, 9.17) is 16.6 Å². The first-order valence-corrected chi connectivity index (χ1v) is 10.0. The van der Waals surface area contributed by atoms with Crippen LogP contribution in [0.5, 0.6) is 0 Å². The number of nitrogens with zero attached hydrogens (tertiary/aromatic N) is 2. The monoisotopic (exact) mass is 397 g/mol. The van der Waals surface area contributed by atoms with Crippen LogP contribution >= 0.6 is 11.6 Å². The van der Waals surface area contributed by atoms with E-state index in [2.05, 4.69) is 20.5 Å². The molecule has 0 saturated carbocycles. The number of piperazine rings is 1. The van der Waals surface area contributed by atoms with Crippen LogP contribution in [0, 0.1) is 0 Å². The van der Waals surface area contributed by atoms with E-state index in [1.165, 1.54) is 0 Å². The van der Waals surface area contributed by atoms with Crippen LogP contribution in [0.1, 0.15) is 28.4 Å². The molecular weight excluding hydrogens is 374 g/mol. The van der Waals surface area contributed by atoms with E-state index in [1.54, 1.807) is 0 Å². The molecule has 0 bridgehead atoms.